The van der Waals surface area contributed by atoms with Crippen LogP contribution in [0.4, 0.5) is 0 Å². The molecule has 2 heterocycles. The molecule has 1 aromatic rings. The minimum Gasteiger partial charge on any atom is -0.497 e. The average Bonchev–Trinajstić information content (AvgIpc) is 2.92. The van der Waals surface area contributed by atoms with E-state index in [1.54, 1.807) is 7.11 Å². The van der Waals surface area contributed by atoms with Gasteiger partial charge in [0.15, 0.2) is 6.10 Å². The summed E-state index contributed by atoms with van der Waals surface area (Å²) >= 11 is 0. The maximum Gasteiger partial charge on any atom is 0.169 e. The Morgan fingerprint density at radius 2 is 2.26 bits per heavy atom. The van der Waals surface area contributed by atoms with Crippen molar-refractivity contribution in [3.8, 4) is 5.75 Å². The topological polar surface area (TPSA) is 41.9 Å². The van der Waals surface area contributed by atoms with Crippen molar-refractivity contribution >= 4 is 0 Å². The number of benzene rings is 1. The summed E-state index contributed by atoms with van der Waals surface area (Å²) in [5, 5.41) is 9.75. The van der Waals surface area contributed by atoms with E-state index < -0.39 is 0 Å². The molecule has 0 radical (unpaired) electrons. The zero-order valence-corrected chi connectivity index (χ0v) is 13.5. The summed E-state index contributed by atoms with van der Waals surface area (Å²) in [6.07, 6.45) is 6.28. The molecule has 1 saturated heterocycles. The molecule has 23 heavy (non-hydrogen) atoms. The maximum absolute atomic E-state index is 9.75. The van der Waals surface area contributed by atoms with Crippen molar-refractivity contribution in [1.82, 2.24) is 4.90 Å². The molecule has 0 amide bonds. The number of hydrogen-bond acceptors (Lipinski definition) is 4. The van der Waals surface area contributed by atoms with E-state index in [2.05, 4.69) is 30.2 Å². The lowest BCUT2D eigenvalue weighted by molar-refractivity contribution is 0.0736. The monoisotopic (exact) mass is 311 g/mol. The minimum atomic E-state index is -0.106. The van der Waals surface area contributed by atoms with Crippen molar-refractivity contribution in [3.63, 3.8) is 0 Å². The predicted molar refractivity (Wildman–Crippen MR) is 86.4 cm³/mol. The molecule has 3 atom stereocenters. The van der Waals surface area contributed by atoms with Crippen molar-refractivity contribution in [1.29, 1.82) is 0 Å². The van der Waals surface area contributed by atoms with Gasteiger partial charge in [-0.3, -0.25) is 4.90 Å². The molecule has 1 N–H and O–H groups in total. The highest BCUT2D eigenvalue weighted by molar-refractivity contribution is 5.65. The van der Waals surface area contributed by atoms with E-state index in [0.717, 1.165) is 36.5 Å². The molecule has 2 aliphatic carbocycles. The van der Waals surface area contributed by atoms with Crippen molar-refractivity contribution < 1.29 is 14.6 Å². The number of aliphatic hydroxyl groups is 1. The Morgan fingerprint density at radius 3 is 3.04 bits per heavy atom. The van der Waals surface area contributed by atoms with Gasteiger partial charge in [0.1, 0.15) is 11.5 Å². The van der Waals surface area contributed by atoms with Crippen LogP contribution in [0.15, 0.2) is 35.6 Å². The van der Waals surface area contributed by atoms with E-state index >= 15 is 0 Å². The number of allylic oxidation sites excluding steroid dienone is 2. The van der Waals surface area contributed by atoms with Gasteiger partial charge >= 0.3 is 0 Å². The first-order valence-electron chi connectivity index (χ1n) is 8.30. The molecule has 5 rings (SSSR count). The molecule has 0 aromatic heterocycles. The summed E-state index contributed by atoms with van der Waals surface area (Å²) in [7, 11) is 3.93. The van der Waals surface area contributed by atoms with Crippen LogP contribution in [0.1, 0.15) is 23.1 Å². The van der Waals surface area contributed by atoms with Gasteiger partial charge in [-0.25, -0.2) is 0 Å². The zero-order valence-electron chi connectivity index (χ0n) is 13.5. The number of likely N-dealkylation sites (tertiary alicyclic amines) is 1. The van der Waals surface area contributed by atoms with Crippen LogP contribution in [0.25, 0.3) is 0 Å². The Balaban J connectivity index is 1.84. The van der Waals surface area contributed by atoms with Crippen LogP contribution < -0.4 is 4.74 Å². The fourth-order valence-electron chi connectivity index (χ4n) is 5.14. The van der Waals surface area contributed by atoms with Crippen LogP contribution in [0.5, 0.6) is 5.75 Å². The van der Waals surface area contributed by atoms with Crippen LogP contribution in [0, 0.1) is 0 Å². The van der Waals surface area contributed by atoms with Crippen molar-refractivity contribution in [2.45, 2.75) is 37.0 Å². The van der Waals surface area contributed by atoms with Crippen LogP contribution in [0.3, 0.4) is 0 Å². The van der Waals surface area contributed by atoms with E-state index in [1.807, 2.05) is 6.07 Å². The number of ether oxygens (including phenoxy) is 2. The Bertz CT molecular complexity index is 766. The van der Waals surface area contributed by atoms with Crippen molar-refractivity contribution in [2.24, 2.45) is 0 Å². The maximum atomic E-state index is 9.75. The van der Waals surface area contributed by atoms with Crippen molar-refractivity contribution in [2.75, 3.05) is 20.7 Å². The number of aliphatic hydroxyl groups excluding tert-OH is 1. The molecule has 1 unspecified atom stereocenters. The third-order valence-corrected chi connectivity index (χ3v) is 6.22. The molecule has 0 saturated carbocycles. The van der Waals surface area contributed by atoms with Crippen LogP contribution in [-0.2, 0) is 23.2 Å². The summed E-state index contributed by atoms with van der Waals surface area (Å²) in [5.74, 6) is 1.79. The second kappa shape index (κ2) is 4.40. The molecule has 2 bridgehead atoms. The largest absolute Gasteiger partial charge is 0.497 e. The Morgan fingerprint density at radius 1 is 1.39 bits per heavy atom. The number of rotatable bonds is 2. The molecule has 1 aromatic carbocycles. The van der Waals surface area contributed by atoms with Crippen LogP contribution in [0.2, 0.25) is 0 Å². The summed E-state index contributed by atoms with van der Waals surface area (Å²) in [4.78, 5) is 2.46. The van der Waals surface area contributed by atoms with E-state index in [0.29, 0.717) is 6.04 Å². The Labute approximate surface area is 136 Å². The van der Waals surface area contributed by atoms with E-state index in [-0.39, 0.29) is 18.1 Å². The van der Waals surface area contributed by atoms with Gasteiger partial charge in [0.05, 0.1) is 19.1 Å². The second-order valence-corrected chi connectivity index (χ2v) is 7.06. The lowest BCUT2D eigenvalue weighted by Gasteiger charge is -2.52. The van der Waals surface area contributed by atoms with Gasteiger partial charge in [0.25, 0.3) is 0 Å². The molecular weight excluding hydrogens is 290 g/mol. The van der Waals surface area contributed by atoms with Gasteiger partial charge in [-0.1, -0.05) is 18.2 Å². The van der Waals surface area contributed by atoms with Crippen molar-refractivity contribution in [3.05, 3.63) is 52.3 Å². The molecular formula is C19H21NO3. The van der Waals surface area contributed by atoms with E-state index in [1.165, 1.54) is 16.7 Å². The van der Waals surface area contributed by atoms with Gasteiger partial charge in [-0.15, -0.1) is 0 Å². The number of likely N-dealkylation sites (N-methyl/N-ethyl adjacent to an activating group) is 1. The highest BCUT2D eigenvalue weighted by Crippen LogP contribution is 2.61. The average molecular weight is 311 g/mol. The first kappa shape index (κ1) is 13.6. The summed E-state index contributed by atoms with van der Waals surface area (Å²) in [6.45, 7) is 1.07. The van der Waals surface area contributed by atoms with Gasteiger partial charge in [0, 0.05) is 17.2 Å². The molecule has 4 heteroatoms. The predicted octanol–water partition coefficient (Wildman–Crippen LogP) is 1.91. The number of methoxy groups -OCH3 is 1. The third kappa shape index (κ3) is 1.44. The Kier molecular flexibility index (Phi) is 2.61. The van der Waals surface area contributed by atoms with Crippen LogP contribution in [-0.4, -0.2) is 42.9 Å². The minimum absolute atomic E-state index is 0.0137. The molecule has 4 nitrogen and oxygen atoms in total. The number of hydrogen-bond donors (Lipinski definition) is 1. The summed E-state index contributed by atoms with van der Waals surface area (Å²) < 4.78 is 12.1. The van der Waals surface area contributed by atoms with Gasteiger partial charge in [0.2, 0.25) is 0 Å². The highest BCUT2D eigenvalue weighted by atomic mass is 16.5. The smallest absolute Gasteiger partial charge is 0.169 e. The lowest BCUT2D eigenvalue weighted by atomic mass is 9.57. The standard InChI is InChI=1S/C19H21NO3/c1-20-8-7-19-13-5-6-15(22-2)18(19)23-17-12(10-21)4-3-11(16(17)19)9-14(13)20/h3-6,14,18,21H,7-10H2,1-2H3/t14?,18-,19-/m0/s1. The Hall–Kier alpha value is -1.78. The van der Waals surface area contributed by atoms with Gasteiger partial charge in [-0.05, 0) is 43.6 Å². The molecule has 120 valence electrons. The second-order valence-electron chi connectivity index (χ2n) is 7.06. The summed E-state index contributed by atoms with van der Waals surface area (Å²) in [6, 6.07) is 4.64. The first-order chi connectivity index (χ1) is 11.2. The van der Waals surface area contributed by atoms with Gasteiger partial charge in [-0.2, -0.15) is 0 Å². The normalized spacial score (nSPS) is 33.5. The first-order valence-corrected chi connectivity index (χ1v) is 8.30. The molecule has 4 aliphatic rings. The quantitative estimate of drug-likeness (QED) is 0.906. The molecule has 1 spiro atoms. The summed E-state index contributed by atoms with van der Waals surface area (Å²) in [5.41, 5.74) is 4.92. The zero-order chi connectivity index (χ0) is 15.8. The fraction of sp³-hybridized carbons (Fsp3) is 0.474. The fourth-order valence-corrected chi connectivity index (χ4v) is 5.14. The number of piperidine rings is 1. The van der Waals surface area contributed by atoms with Crippen LogP contribution >= 0.6 is 0 Å². The SMILES string of the molecule is COC1=CC=C2C3Cc4ccc(CO)c5c4[C@@]2(CCN3C)[C@H]1O5. The molecule has 1 fully saturated rings. The molecule has 2 aliphatic heterocycles. The highest BCUT2D eigenvalue weighted by Gasteiger charge is 2.61. The third-order valence-electron chi connectivity index (χ3n) is 6.22. The lowest BCUT2D eigenvalue weighted by Crippen LogP contribution is -2.58. The van der Waals surface area contributed by atoms with Gasteiger partial charge < -0.3 is 14.6 Å². The number of nitrogens with zero attached hydrogens (tertiary/aromatic N) is 1. The van der Waals surface area contributed by atoms with E-state index in [4.69, 9.17) is 9.47 Å². The van der Waals surface area contributed by atoms with E-state index in [9.17, 15) is 5.11 Å².